The van der Waals surface area contributed by atoms with E-state index in [0.29, 0.717) is 25.0 Å². The summed E-state index contributed by atoms with van der Waals surface area (Å²) in [6.45, 7) is 3.88. The summed E-state index contributed by atoms with van der Waals surface area (Å²) in [5.41, 5.74) is 7.31. The Bertz CT molecular complexity index is 641. The van der Waals surface area contributed by atoms with Crippen LogP contribution in [-0.4, -0.2) is 55.5 Å². The SMILES string of the molecule is I.NC(=NCCC(=O)NC1CCCCC1)N1CCN(c2ccc(Cl)cc2)CC1. The number of nitrogens with two attached hydrogens (primary N) is 1. The number of amides is 1. The molecule has 1 aromatic rings. The summed E-state index contributed by atoms with van der Waals surface area (Å²) in [5.74, 6) is 0.627. The zero-order chi connectivity index (χ0) is 19.1. The van der Waals surface area contributed by atoms with Gasteiger partial charge in [-0.05, 0) is 37.1 Å². The Morgan fingerprint density at radius 1 is 1.11 bits per heavy atom. The molecule has 0 atom stereocenters. The van der Waals surface area contributed by atoms with Crippen LogP contribution >= 0.6 is 35.6 Å². The number of aliphatic imine (C=N–C) groups is 1. The second-order valence-corrected chi connectivity index (χ2v) is 7.78. The van der Waals surface area contributed by atoms with Gasteiger partial charge in [-0.25, -0.2) is 0 Å². The number of hydrogen-bond acceptors (Lipinski definition) is 3. The fraction of sp³-hybridized carbons (Fsp3) is 0.600. The van der Waals surface area contributed by atoms with Crippen LogP contribution in [0.2, 0.25) is 5.02 Å². The van der Waals surface area contributed by atoms with Crippen LogP contribution in [0, 0.1) is 0 Å². The van der Waals surface area contributed by atoms with Gasteiger partial charge in [0.15, 0.2) is 5.96 Å². The van der Waals surface area contributed by atoms with Gasteiger partial charge in [-0.2, -0.15) is 0 Å². The first-order valence-electron chi connectivity index (χ1n) is 9.96. The molecule has 1 aliphatic carbocycles. The van der Waals surface area contributed by atoms with E-state index in [1.165, 1.54) is 24.9 Å². The smallest absolute Gasteiger partial charge is 0.222 e. The van der Waals surface area contributed by atoms with Crippen LogP contribution in [0.4, 0.5) is 5.69 Å². The van der Waals surface area contributed by atoms with Crippen LogP contribution in [0.3, 0.4) is 0 Å². The Morgan fingerprint density at radius 2 is 1.75 bits per heavy atom. The van der Waals surface area contributed by atoms with Crippen LogP contribution in [0.25, 0.3) is 0 Å². The molecule has 3 rings (SSSR count). The molecular weight excluding hydrogens is 489 g/mol. The van der Waals surface area contributed by atoms with E-state index < -0.39 is 0 Å². The van der Waals surface area contributed by atoms with E-state index in [2.05, 4.69) is 20.1 Å². The molecule has 1 saturated carbocycles. The number of benzene rings is 1. The monoisotopic (exact) mass is 519 g/mol. The number of nitrogens with one attached hydrogen (secondary N) is 1. The first kappa shape index (κ1) is 23.1. The van der Waals surface area contributed by atoms with Gasteiger partial charge in [0, 0.05) is 49.4 Å². The van der Waals surface area contributed by atoms with Crippen LogP contribution < -0.4 is 16.0 Å². The molecule has 6 nitrogen and oxygen atoms in total. The van der Waals surface area contributed by atoms with Gasteiger partial charge in [-0.15, -0.1) is 24.0 Å². The highest BCUT2D eigenvalue weighted by Crippen LogP contribution is 2.19. The van der Waals surface area contributed by atoms with Gasteiger partial charge in [-0.1, -0.05) is 30.9 Å². The number of rotatable bonds is 5. The summed E-state index contributed by atoms with van der Waals surface area (Å²) in [5, 5.41) is 3.87. The molecule has 0 bridgehead atoms. The van der Waals surface area contributed by atoms with Crippen molar-refractivity contribution in [2.24, 2.45) is 10.7 Å². The summed E-state index contributed by atoms with van der Waals surface area (Å²) in [6, 6.07) is 8.27. The number of nitrogens with zero attached hydrogens (tertiary/aromatic N) is 3. The second kappa shape index (κ2) is 11.7. The van der Waals surface area contributed by atoms with Crippen LogP contribution in [-0.2, 0) is 4.79 Å². The Labute approximate surface area is 189 Å². The molecule has 0 spiro atoms. The van der Waals surface area contributed by atoms with Gasteiger partial charge in [-0.3, -0.25) is 9.79 Å². The van der Waals surface area contributed by atoms with Gasteiger partial charge in [0.05, 0.1) is 6.54 Å². The number of anilines is 1. The fourth-order valence-corrected chi connectivity index (χ4v) is 3.89. The zero-order valence-electron chi connectivity index (χ0n) is 16.3. The number of carbonyl (C=O) groups excluding carboxylic acids is 1. The lowest BCUT2D eigenvalue weighted by Crippen LogP contribution is -2.51. The van der Waals surface area contributed by atoms with Crippen molar-refractivity contribution in [2.75, 3.05) is 37.6 Å². The van der Waals surface area contributed by atoms with Crippen LogP contribution in [0.1, 0.15) is 38.5 Å². The lowest BCUT2D eigenvalue weighted by Gasteiger charge is -2.36. The lowest BCUT2D eigenvalue weighted by atomic mass is 9.95. The Balaban J connectivity index is 0.00000280. The lowest BCUT2D eigenvalue weighted by molar-refractivity contribution is -0.121. The minimum Gasteiger partial charge on any atom is -0.370 e. The molecule has 3 N–H and O–H groups in total. The van der Waals surface area contributed by atoms with Gasteiger partial charge in [0.2, 0.25) is 5.91 Å². The summed E-state index contributed by atoms with van der Waals surface area (Å²) in [7, 11) is 0. The first-order chi connectivity index (χ1) is 13.1. The predicted molar refractivity (Wildman–Crippen MR) is 127 cm³/mol. The van der Waals surface area contributed by atoms with Crippen molar-refractivity contribution >= 4 is 53.1 Å². The first-order valence-corrected chi connectivity index (χ1v) is 10.3. The van der Waals surface area contributed by atoms with E-state index in [9.17, 15) is 4.79 Å². The van der Waals surface area contributed by atoms with Gasteiger partial charge in [0.25, 0.3) is 0 Å². The molecule has 1 amide bonds. The molecule has 1 aromatic carbocycles. The van der Waals surface area contributed by atoms with Crippen molar-refractivity contribution in [2.45, 2.75) is 44.6 Å². The summed E-state index contributed by atoms with van der Waals surface area (Å²) in [6.07, 6.45) is 6.35. The molecule has 0 aromatic heterocycles. The van der Waals surface area contributed by atoms with Gasteiger partial charge < -0.3 is 20.9 Å². The van der Waals surface area contributed by atoms with Crippen molar-refractivity contribution in [3.8, 4) is 0 Å². The van der Waals surface area contributed by atoms with Gasteiger partial charge in [0.1, 0.15) is 0 Å². The van der Waals surface area contributed by atoms with Crippen LogP contribution in [0.15, 0.2) is 29.3 Å². The number of guanidine groups is 1. The predicted octanol–water partition coefficient (Wildman–Crippen LogP) is 3.23. The summed E-state index contributed by atoms with van der Waals surface area (Å²) >= 11 is 5.95. The van der Waals surface area contributed by atoms with Gasteiger partial charge >= 0.3 is 0 Å². The standard InChI is InChI=1S/C20H30ClN5O.HI/c21-16-6-8-18(9-7-16)25-12-14-26(15-13-25)20(22)23-11-10-19(27)24-17-4-2-1-3-5-17;/h6-9,17H,1-5,10-15H2,(H2,22,23)(H,24,27);1H. The molecule has 1 saturated heterocycles. The number of hydrogen-bond donors (Lipinski definition) is 2. The van der Waals surface area contributed by atoms with E-state index in [1.54, 1.807) is 0 Å². The quantitative estimate of drug-likeness (QED) is 0.356. The molecule has 2 fully saturated rings. The average molecular weight is 520 g/mol. The highest BCUT2D eigenvalue weighted by Gasteiger charge is 2.19. The second-order valence-electron chi connectivity index (χ2n) is 7.34. The van der Waals surface area contributed by atoms with Crippen molar-refractivity contribution in [3.05, 3.63) is 29.3 Å². The maximum Gasteiger partial charge on any atom is 0.222 e. The fourth-order valence-electron chi connectivity index (χ4n) is 3.76. The zero-order valence-corrected chi connectivity index (χ0v) is 19.4. The molecular formula is C20H31ClIN5O. The minimum atomic E-state index is 0. The minimum absolute atomic E-state index is 0. The van der Waals surface area contributed by atoms with Crippen molar-refractivity contribution in [1.29, 1.82) is 0 Å². The molecule has 156 valence electrons. The average Bonchev–Trinajstić information content (AvgIpc) is 2.69. The maximum atomic E-state index is 12.0. The third-order valence-corrected chi connectivity index (χ3v) is 5.63. The van der Waals surface area contributed by atoms with Crippen molar-refractivity contribution in [1.82, 2.24) is 10.2 Å². The third kappa shape index (κ3) is 6.99. The number of piperazine rings is 1. The van der Waals surface area contributed by atoms with E-state index in [-0.39, 0.29) is 29.9 Å². The van der Waals surface area contributed by atoms with E-state index in [1.807, 2.05) is 24.3 Å². The van der Waals surface area contributed by atoms with E-state index >= 15 is 0 Å². The highest BCUT2D eigenvalue weighted by molar-refractivity contribution is 14.0. The third-order valence-electron chi connectivity index (χ3n) is 5.38. The number of carbonyl (C=O) groups is 1. The van der Waals surface area contributed by atoms with Crippen molar-refractivity contribution in [3.63, 3.8) is 0 Å². The molecule has 1 aliphatic heterocycles. The number of halogens is 2. The molecule has 28 heavy (non-hydrogen) atoms. The Hall–Kier alpha value is -1.22. The van der Waals surface area contributed by atoms with Crippen LogP contribution in [0.5, 0.6) is 0 Å². The highest BCUT2D eigenvalue weighted by atomic mass is 127. The summed E-state index contributed by atoms with van der Waals surface area (Å²) in [4.78, 5) is 20.9. The molecule has 0 unspecified atom stereocenters. The summed E-state index contributed by atoms with van der Waals surface area (Å²) < 4.78 is 0. The maximum absolute atomic E-state index is 12.0. The van der Waals surface area contributed by atoms with E-state index in [0.717, 1.165) is 44.0 Å². The molecule has 0 radical (unpaired) electrons. The Morgan fingerprint density at radius 3 is 2.39 bits per heavy atom. The molecule has 2 aliphatic rings. The Kier molecular flexibility index (Phi) is 9.64. The largest absolute Gasteiger partial charge is 0.370 e. The molecule has 8 heteroatoms. The van der Waals surface area contributed by atoms with E-state index in [4.69, 9.17) is 17.3 Å². The molecule has 1 heterocycles. The van der Waals surface area contributed by atoms with Crippen molar-refractivity contribution < 1.29 is 4.79 Å². The topological polar surface area (TPSA) is 74.0 Å². The normalized spacial score (nSPS) is 18.5.